The molecule has 0 fully saturated rings. The van der Waals surface area contributed by atoms with Gasteiger partial charge in [-0.15, -0.1) is 0 Å². The first-order valence-electron chi connectivity index (χ1n) is 6.09. The van der Waals surface area contributed by atoms with Crippen LogP contribution in [0, 0.1) is 0 Å². The number of nitrogens with zero attached hydrogens (tertiary/aromatic N) is 1. The van der Waals surface area contributed by atoms with Gasteiger partial charge in [-0.3, -0.25) is 4.98 Å². The van der Waals surface area contributed by atoms with Crippen LogP contribution in [0.3, 0.4) is 0 Å². The van der Waals surface area contributed by atoms with Crippen molar-refractivity contribution in [1.29, 1.82) is 0 Å². The lowest BCUT2D eigenvalue weighted by molar-refractivity contribution is 0.494. The summed E-state index contributed by atoms with van der Waals surface area (Å²) in [5, 5.41) is 4.33. The second-order valence-electron chi connectivity index (χ2n) is 4.42. The van der Waals surface area contributed by atoms with Crippen molar-refractivity contribution in [3.05, 3.63) is 64.9 Å². The van der Waals surface area contributed by atoms with E-state index in [4.69, 9.17) is 11.6 Å². The van der Waals surface area contributed by atoms with E-state index in [0.717, 1.165) is 10.6 Å². The molecule has 1 aromatic carbocycles. The average molecular weight is 261 g/mol. The van der Waals surface area contributed by atoms with Crippen LogP contribution in [-0.4, -0.2) is 4.98 Å². The molecule has 2 nitrogen and oxygen atoms in total. The predicted octanol–water partition coefficient (Wildman–Crippen LogP) is 4.15. The molecule has 0 saturated carbocycles. The lowest BCUT2D eigenvalue weighted by Gasteiger charge is -2.21. The van der Waals surface area contributed by atoms with E-state index in [-0.39, 0.29) is 12.1 Å². The van der Waals surface area contributed by atoms with Crippen LogP contribution in [0.25, 0.3) is 0 Å². The van der Waals surface area contributed by atoms with Crippen molar-refractivity contribution in [2.75, 3.05) is 0 Å². The maximum Gasteiger partial charge on any atom is 0.0453 e. The van der Waals surface area contributed by atoms with Gasteiger partial charge in [-0.2, -0.15) is 0 Å². The van der Waals surface area contributed by atoms with E-state index in [1.54, 1.807) is 6.20 Å². The number of nitrogens with one attached hydrogen (secondary N) is 1. The lowest BCUT2D eigenvalue weighted by atomic mass is 10.1. The third kappa shape index (κ3) is 3.09. The maximum absolute atomic E-state index is 6.20. The molecule has 1 aromatic heterocycles. The lowest BCUT2D eigenvalue weighted by Crippen LogP contribution is -2.22. The van der Waals surface area contributed by atoms with Gasteiger partial charge < -0.3 is 5.32 Å². The molecule has 0 aliphatic rings. The molecule has 1 N–H and O–H groups in total. The molecule has 0 spiro atoms. The Hall–Kier alpha value is -1.38. The average Bonchev–Trinajstić information content (AvgIpc) is 2.40. The molecule has 2 atom stereocenters. The van der Waals surface area contributed by atoms with Gasteiger partial charge in [0, 0.05) is 29.5 Å². The standard InChI is InChI=1S/C15H17ClN2/c1-11(13-6-5-9-17-10-13)18-12(2)14-7-3-4-8-15(14)16/h3-12,18H,1-2H3/t11?,12-/m1/s1. The Morgan fingerprint density at radius 1 is 1.06 bits per heavy atom. The summed E-state index contributed by atoms with van der Waals surface area (Å²) in [6.07, 6.45) is 3.67. The third-order valence-corrected chi connectivity index (χ3v) is 3.40. The smallest absolute Gasteiger partial charge is 0.0453 e. The summed E-state index contributed by atoms with van der Waals surface area (Å²) in [5.74, 6) is 0. The zero-order chi connectivity index (χ0) is 13.0. The fourth-order valence-electron chi connectivity index (χ4n) is 2.02. The van der Waals surface area contributed by atoms with Crippen LogP contribution in [0.5, 0.6) is 0 Å². The summed E-state index contributed by atoms with van der Waals surface area (Å²) in [6.45, 7) is 4.25. The van der Waals surface area contributed by atoms with Crippen LogP contribution in [0.1, 0.15) is 37.1 Å². The quantitative estimate of drug-likeness (QED) is 0.893. The zero-order valence-corrected chi connectivity index (χ0v) is 11.4. The number of halogens is 1. The van der Waals surface area contributed by atoms with Gasteiger partial charge in [0.15, 0.2) is 0 Å². The summed E-state index contributed by atoms with van der Waals surface area (Å²) in [6, 6.07) is 12.4. The molecular weight excluding hydrogens is 244 g/mol. The van der Waals surface area contributed by atoms with E-state index in [1.165, 1.54) is 5.56 Å². The van der Waals surface area contributed by atoms with E-state index in [0.29, 0.717) is 0 Å². The topological polar surface area (TPSA) is 24.9 Å². The molecule has 0 bridgehead atoms. The van der Waals surface area contributed by atoms with Crippen molar-refractivity contribution >= 4 is 11.6 Å². The Kier molecular flexibility index (Phi) is 4.34. The first kappa shape index (κ1) is 13.1. The molecule has 0 aliphatic heterocycles. The number of hydrogen-bond donors (Lipinski definition) is 1. The number of hydrogen-bond acceptors (Lipinski definition) is 2. The summed E-state index contributed by atoms with van der Waals surface area (Å²) >= 11 is 6.20. The molecule has 2 aromatic rings. The van der Waals surface area contributed by atoms with Gasteiger partial charge in [0.2, 0.25) is 0 Å². The summed E-state index contributed by atoms with van der Waals surface area (Å²) in [7, 11) is 0. The fraction of sp³-hybridized carbons (Fsp3) is 0.267. The van der Waals surface area contributed by atoms with Crippen LogP contribution < -0.4 is 5.32 Å². The molecular formula is C15H17ClN2. The normalized spacial score (nSPS) is 14.2. The highest BCUT2D eigenvalue weighted by Crippen LogP contribution is 2.24. The van der Waals surface area contributed by atoms with Gasteiger partial charge in [-0.05, 0) is 37.1 Å². The summed E-state index contributed by atoms with van der Waals surface area (Å²) in [5.41, 5.74) is 2.30. The van der Waals surface area contributed by atoms with E-state index < -0.39 is 0 Å². The molecule has 3 heteroatoms. The Morgan fingerprint density at radius 3 is 2.50 bits per heavy atom. The Labute approximate surface area is 113 Å². The van der Waals surface area contributed by atoms with Crippen molar-refractivity contribution < 1.29 is 0 Å². The van der Waals surface area contributed by atoms with Gasteiger partial charge in [-0.25, -0.2) is 0 Å². The fourth-order valence-corrected chi connectivity index (χ4v) is 2.32. The van der Waals surface area contributed by atoms with Crippen molar-refractivity contribution in [3.8, 4) is 0 Å². The molecule has 2 rings (SSSR count). The summed E-state index contributed by atoms with van der Waals surface area (Å²) < 4.78 is 0. The monoisotopic (exact) mass is 260 g/mol. The van der Waals surface area contributed by atoms with E-state index in [1.807, 2.05) is 30.5 Å². The molecule has 18 heavy (non-hydrogen) atoms. The van der Waals surface area contributed by atoms with Crippen LogP contribution in [0.4, 0.5) is 0 Å². The Bertz CT molecular complexity index is 499. The Balaban J connectivity index is 2.08. The Morgan fingerprint density at radius 2 is 1.83 bits per heavy atom. The molecule has 0 saturated heterocycles. The predicted molar refractivity (Wildman–Crippen MR) is 75.7 cm³/mol. The number of benzene rings is 1. The maximum atomic E-state index is 6.20. The SMILES string of the molecule is CC(N[C@H](C)c1ccccc1Cl)c1cccnc1. The highest BCUT2D eigenvalue weighted by molar-refractivity contribution is 6.31. The molecule has 0 radical (unpaired) electrons. The minimum absolute atomic E-state index is 0.203. The molecule has 94 valence electrons. The minimum atomic E-state index is 0.203. The molecule has 1 heterocycles. The minimum Gasteiger partial charge on any atom is -0.304 e. The van der Waals surface area contributed by atoms with Gasteiger partial charge in [0.05, 0.1) is 0 Å². The zero-order valence-electron chi connectivity index (χ0n) is 10.6. The van der Waals surface area contributed by atoms with Crippen LogP contribution in [0.2, 0.25) is 5.02 Å². The number of aromatic nitrogens is 1. The molecule has 1 unspecified atom stereocenters. The second kappa shape index (κ2) is 5.98. The van der Waals surface area contributed by atoms with Crippen LogP contribution >= 0.6 is 11.6 Å². The highest BCUT2D eigenvalue weighted by Gasteiger charge is 2.13. The number of pyridine rings is 1. The van der Waals surface area contributed by atoms with E-state index in [2.05, 4.69) is 36.3 Å². The van der Waals surface area contributed by atoms with Crippen molar-refractivity contribution in [1.82, 2.24) is 10.3 Å². The third-order valence-electron chi connectivity index (χ3n) is 3.06. The van der Waals surface area contributed by atoms with Gasteiger partial charge in [-0.1, -0.05) is 35.9 Å². The van der Waals surface area contributed by atoms with Crippen LogP contribution in [-0.2, 0) is 0 Å². The van der Waals surface area contributed by atoms with Crippen molar-refractivity contribution in [3.63, 3.8) is 0 Å². The first-order chi connectivity index (χ1) is 8.68. The largest absolute Gasteiger partial charge is 0.304 e. The van der Waals surface area contributed by atoms with Crippen molar-refractivity contribution in [2.24, 2.45) is 0 Å². The summed E-state index contributed by atoms with van der Waals surface area (Å²) in [4.78, 5) is 4.14. The number of rotatable bonds is 4. The second-order valence-corrected chi connectivity index (χ2v) is 4.83. The van der Waals surface area contributed by atoms with Crippen LogP contribution in [0.15, 0.2) is 48.8 Å². The van der Waals surface area contributed by atoms with E-state index in [9.17, 15) is 0 Å². The van der Waals surface area contributed by atoms with Gasteiger partial charge >= 0.3 is 0 Å². The highest BCUT2D eigenvalue weighted by atomic mass is 35.5. The van der Waals surface area contributed by atoms with E-state index >= 15 is 0 Å². The first-order valence-corrected chi connectivity index (χ1v) is 6.46. The molecule has 0 aliphatic carbocycles. The van der Waals surface area contributed by atoms with Gasteiger partial charge in [0.1, 0.15) is 0 Å². The van der Waals surface area contributed by atoms with Crippen molar-refractivity contribution in [2.45, 2.75) is 25.9 Å². The molecule has 0 amide bonds. The van der Waals surface area contributed by atoms with Gasteiger partial charge in [0.25, 0.3) is 0 Å².